The van der Waals surface area contributed by atoms with Crippen LogP contribution >= 0.6 is 11.3 Å². The molecule has 27 heavy (non-hydrogen) atoms. The van der Waals surface area contributed by atoms with Crippen LogP contribution in [0.1, 0.15) is 11.3 Å². The fourth-order valence-electron chi connectivity index (χ4n) is 2.67. The van der Waals surface area contributed by atoms with Crippen LogP contribution in [0.25, 0.3) is 10.6 Å². The lowest BCUT2D eigenvalue weighted by Crippen LogP contribution is -2.14. The highest BCUT2D eigenvalue weighted by Gasteiger charge is 2.09. The molecular formula is C20H17N5OS. The Hall–Kier alpha value is -3.32. The van der Waals surface area contributed by atoms with Crippen molar-refractivity contribution in [3.63, 3.8) is 0 Å². The summed E-state index contributed by atoms with van der Waals surface area (Å²) < 4.78 is 1.75. The zero-order chi connectivity index (χ0) is 18.5. The van der Waals surface area contributed by atoms with Gasteiger partial charge in [0, 0.05) is 16.6 Å². The van der Waals surface area contributed by atoms with Crippen LogP contribution < -0.4 is 5.32 Å². The third-order valence-corrected chi connectivity index (χ3v) is 4.90. The molecule has 1 amide bonds. The third-order valence-electron chi connectivity index (χ3n) is 3.96. The molecule has 134 valence electrons. The van der Waals surface area contributed by atoms with Crippen molar-refractivity contribution in [1.29, 1.82) is 0 Å². The quantitative estimate of drug-likeness (QED) is 0.558. The number of hydrogen-bond acceptors (Lipinski definition) is 5. The second-order valence-corrected chi connectivity index (χ2v) is 6.88. The predicted molar refractivity (Wildman–Crippen MR) is 105 cm³/mol. The number of aromatic nitrogens is 4. The number of carbonyl (C=O) groups excluding carboxylic acids is 1. The van der Waals surface area contributed by atoms with Gasteiger partial charge in [-0.3, -0.25) is 4.79 Å². The molecule has 0 aliphatic rings. The fourth-order valence-corrected chi connectivity index (χ4v) is 3.49. The zero-order valence-electron chi connectivity index (χ0n) is 14.4. The number of anilines is 1. The van der Waals surface area contributed by atoms with Gasteiger partial charge in [0.2, 0.25) is 5.91 Å². The SMILES string of the molecule is O=C(Cc1csc(-c2ccccc2)n1)Nc1ccc(Cn2cncn2)cc1. The summed E-state index contributed by atoms with van der Waals surface area (Å²) in [6, 6.07) is 17.7. The topological polar surface area (TPSA) is 72.7 Å². The van der Waals surface area contributed by atoms with E-state index in [1.54, 1.807) is 22.3 Å². The van der Waals surface area contributed by atoms with Crippen molar-refractivity contribution in [2.45, 2.75) is 13.0 Å². The Kier molecular flexibility index (Phi) is 5.02. The Morgan fingerprint density at radius 1 is 1.07 bits per heavy atom. The monoisotopic (exact) mass is 375 g/mol. The molecule has 2 aromatic carbocycles. The normalized spacial score (nSPS) is 10.7. The molecule has 0 aliphatic heterocycles. The highest BCUT2D eigenvalue weighted by atomic mass is 32.1. The number of amides is 1. The molecule has 7 heteroatoms. The van der Waals surface area contributed by atoms with Gasteiger partial charge < -0.3 is 5.32 Å². The minimum absolute atomic E-state index is 0.0797. The highest BCUT2D eigenvalue weighted by Crippen LogP contribution is 2.23. The number of thiazole rings is 1. The first-order valence-electron chi connectivity index (χ1n) is 8.47. The van der Waals surface area contributed by atoms with E-state index >= 15 is 0 Å². The Balaban J connectivity index is 1.35. The van der Waals surface area contributed by atoms with Crippen molar-refractivity contribution in [2.24, 2.45) is 0 Å². The van der Waals surface area contributed by atoms with E-state index in [0.717, 1.165) is 27.5 Å². The van der Waals surface area contributed by atoms with E-state index in [4.69, 9.17) is 0 Å². The molecule has 2 aromatic heterocycles. The molecular weight excluding hydrogens is 358 g/mol. The minimum Gasteiger partial charge on any atom is -0.326 e. The molecule has 6 nitrogen and oxygen atoms in total. The number of rotatable bonds is 6. The van der Waals surface area contributed by atoms with Gasteiger partial charge in [-0.25, -0.2) is 14.6 Å². The van der Waals surface area contributed by atoms with Gasteiger partial charge in [-0.2, -0.15) is 5.10 Å². The van der Waals surface area contributed by atoms with Gasteiger partial charge in [0.1, 0.15) is 17.7 Å². The van der Waals surface area contributed by atoms with Gasteiger partial charge in [-0.15, -0.1) is 11.3 Å². The van der Waals surface area contributed by atoms with E-state index < -0.39 is 0 Å². The number of carbonyl (C=O) groups is 1. The lowest BCUT2D eigenvalue weighted by Gasteiger charge is -2.06. The van der Waals surface area contributed by atoms with Crippen molar-refractivity contribution in [2.75, 3.05) is 5.32 Å². The number of nitrogens with zero attached hydrogens (tertiary/aromatic N) is 4. The number of nitrogens with one attached hydrogen (secondary N) is 1. The molecule has 0 saturated carbocycles. The average molecular weight is 375 g/mol. The molecule has 4 aromatic rings. The first-order valence-corrected chi connectivity index (χ1v) is 9.35. The van der Waals surface area contributed by atoms with Crippen molar-refractivity contribution < 1.29 is 4.79 Å². The summed E-state index contributed by atoms with van der Waals surface area (Å²) in [5, 5.41) is 9.86. The average Bonchev–Trinajstić information content (AvgIpc) is 3.36. The molecule has 0 aliphatic carbocycles. The van der Waals surface area contributed by atoms with Crippen LogP contribution in [0.2, 0.25) is 0 Å². The van der Waals surface area contributed by atoms with Crippen LogP contribution in [0.4, 0.5) is 5.69 Å². The summed E-state index contributed by atoms with van der Waals surface area (Å²) in [5.41, 5.74) is 3.70. The maximum Gasteiger partial charge on any atom is 0.230 e. The summed E-state index contributed by atoms with van der Waals surface area (Å²) in [5.74, 6) is -0.0797. The number of benzene rings is 2. The predicted octanol–water partition coefficient (Wildman–Crippen LogP) is 3.63. The van der Waals surface area contributed by atoms with Gasteiger partial charge in [-0.05, 0) is 17.7 Å². The first kappa shape index (κ1) is 17.1. The summed E-state index contributed by atoms with van der Waals surface area (Å²) in [4.78, 5) is 20.8. The molecule has 0 bridgehead atoms. The third kappa shape index (κ3) is 4.45. The lowest BCUT2D eigenvalue weighted by molar-refractivity contribution is -0.115. The Morgan fingerprint density at radius 2 is 1.89 bits per heavy atom. The van der Waals surface area contributed by atoms with Crippen molar-refractivity contribution in [3.05, 3.63) is 83.9 Å². The summed E-state index contributed by atoms with van der Waals surface area (Å²) in [6.45, 7) is 0.648. The first-order chi connectivity index (χ1) is 13.3. The maximum atomic E-state index is 12.3. The minimum atomic E-state index is -0.0797. The summed E-state index contributed by atoms with van der Waals surface area (Å²) in [6.07, 6.45) is 3.44. The van der Waals surface area contributed by atoms with Gasteiger partial charge in [-0.1, -0.05) is 42.5 Å². The Morgan fingerprint density at radius 3 is 2.63 bits per heavy atom. The van der Waals surface area contributed by atoms with Gasteiger partial charge in [0.05, 0.1) is 18.7 Å². The second kappa shape index (κ2) is 7.92. The molecule has 1 N–H and O–H groups in total. The maximum absolute atomic E-state index is 12.3. The van der Waals surface area contributed by atoms with Crippen molar-refractivity contribution >= 4 is 22.9 Å². The van der Waals surface area contributed by atoms with E-state index in [1.807, 2.05) is 60.0 Å². The molecule has 0 radical (unpaired) electrons. The lowest BCUT2D eigenvalue weighted by atomic mass is 10.2. The molecule has 0 unspecified atom stereocenters. The van der Waals surface area contributed by atoms with Crippen LogP contribution in [-0.4, -0.2) is 25.7 Å². The van der Waals surface area contributed by atoms with Gasteiger partial charge in [0.25, 0.3) is 0 Å². The van der Waals surface area contributed by atoms with E-state index in [2.05, 4.69) is 20.4 Å². The molecule has 0 fully saturated rings. The van der Waals surface area contributed by atoms with Crippen LogP contribution in [0, 0.1) is 0 Å². The standard InChI is InChI=1S/C20H17N5OS/c26-19(10-18-12-27-20(24-18)16-4-2-1-3-5-16)23-17-8-6-15(7-9-17)11-25-14-21-13-22-25/h1-9,12-14H,10-11H2,(H,23,26). The van der Waals surface area contributed by atoms with Gasteiger partial charge in [0.15, 0.2) is 0 Å². The molecule has 0 spiro atoms. The van der Waals surface area contributed by atoms with Crippen LogP contribution in [0.3, 0.4) is 0 Å². The van der Waals surface area contributed by atoms with Gasteiger partial charge >= 0.3 is 0 Å². The Bertz CT molecular complexity index is 1010. The smallest absolute Gasteiger partial charge is 0.230 e. The second-order valence-electron chi connectivity index (χ2n) is 6.02. The Labute approximate surface area is 160 Å². The van der Waals surface area contributed by atoms with Crippen molar-refractivity contribution in [3.8, 4) is 10.6 Å². The summed E-state index contributed by atoms with van der Waals surface area (Å²) in [7, 11) is 0. The molecule has 4 rings (SSSR count). The van der Waals surface area contributed by atoms with E-state index in [1.165, 1.54) is 6.33 Å². The van der Waals surface area contributed by atoms with Crippen molar-refractivity contribution in [1.82, 2.24) is 19.7 Å². The number of hydrogen-bond donors (Lipinski definition) is 1. The van der Waals surface area contributed by atoms with E-state index in [0.29, 0.717) is 6.54 Å². The molecule has 2 heterocycles. The largest absolute Gasteiger partial charge is 0.326 e. The van der Waals surface area contributed by atoms with Crippen LogP contribution in [0.15, 0.2) is 72.6 Å². The summed E-state index contributed by atoms with van der Waals surface area (Å²) >= 11 is 1.55. The molecule has 0 atom stereocenters. The van der Waals surface area contributed by atoms with E-state index in [-0.39, 0.29) is 12.3 Å². The van der Waals surface area contributed by atoms with E-state index in [9.17, 15) is 4.79 Å². The van der Waals surface area contributed by atoms with Crippen LogP contribution in [-0.2, 0) is 17.8 Å². The zero-order valence-corrected chi connectivity index (χ0v) is 15.3. The van der Waals surface area contributed by atoms with Crippen LogP contribution in [0.5, 0.6) is 0 Å². The molecule has 0 saturated heterocycles. The fraction of sp³-hybridized carbons (Fsp3) is 0.100. The highest BCUT2D eigenvalue weighted by molar-refractivity contribution is 7.13.